The van der Waals surface area contributed by atoms with Crippen molar-refractivity contribution in [2.75, 3.05) is 6.54 Å². The van der Waals surface area contributed by atoms with E-state index in [1.165, 1.54) is 25.0 Å². The summed E-state index contributed by atoms with van der Waals surface area (Å²) in [7, 11) is 0. The number of halogens is 1. The van der Waals surface area contributed by atoms with Crippen molar-refractivity contribution in [2.45, 2.75) is 25.3 Å². The number of imidazole rings is 1. The summed E-state index contributed by atoms with van der Waals surface area (Å²) in [4.78, 5) is 4.23. The molecule has 1 aliphatic heterocycles. The lowest BCUT2D eigenvalue weighted by Gasteiger charge is -2.24. The summed E-state index contributed by atoms with van der Waals surface area (Å²) in [5, 5.41) is 3.51. The van der Waals surface area contributed by atoms with Gasteiger partial charge in [0.1, 0.15) is 5.82 Å². The predicted molar refractivity (Wildman–Crippen MR) is 68.1 cm³/mol. The summed E-state index contributed by atoms with van der Waals surface area (Å²) < 4.78 is 15.0. The molecule has 0 bridgehead atoms. The monoisotopic (exact) mass is 245 g/mol. The number of hydrogen-bond donors (Lipinski definition) is 1. The fourth-order valence-electron chi connectivity index (χ4n) is 2.48. The Morgan fingerprint density at radius 1 is 1.22 bits per heavy atom. The smallest absolute Gasteiger partial charge is 0.123 e. The highest BCUT2D eigenvalue weighted by Gasteiger charge is 2.18. The van der Waals surface area contributed by atoms with Crippen LogP contribution in [0.2, 0.25) is 0 Å². The maximum atomic E-state index is 12.9. The number of nitrogens with one attached hydrogen (secondary N) is 1. The fourth-order valence-corrected chi connectivity index (χ4v) is 2.48. The zero-order valence-electron chi connectivity index (χ0n) is 10.1. The second kappa shape index (κ2) is 4.90. The molecule has 3 nitrogen and oxygen atoms in total. The van der Waals surface area contributed by atoms with Crippen LogP contribution in [-0.4, -0.2) is 16.1 Å². The molecule has 2 heterocycles. The Morgan fingerprint density at radius 2 is 2.06 bits per heavy atom. The summed E-state index contributed by atoms with van der Waals surface area (Å²) in [6.45, 7) is 1.05. The van der Waals surface area contributed by atoms with Gasteiger partial charge in [0.15, 0.2) is 0 Å². The highest BCUT2D eigenvalue weighted by Crippen LogP contribution is 2.24. The molecule has 0 saturated carbocycles. The lowest BCUT2D eigenvalue weighted by molar-refractivity contribution is 0.402. The van der Waals surface area contributed by atoms with Gasteiger partial charge in [0.25, 0.3) is 0 Å². The molecular weight excluding hydrogens is 229 g/mol. The Balaban J connectivity index is 1.93. The van der Waals surface area contributed by atoms with Crippen LogP contribution in [0.3, 0.4) is 0 Å². The number of benzene rings is 1. The zero-order valence-corrected chi connectivity index (χ0v) is 10.1. The van der Waals surface area contributed by atoms with E-state index in [9.17, 15) is 4.39 Å². The molecule has 4 heteroatoms. The maximum absolute atomic E-state index is 12.9. The molecule has 1 aromatic carbocycles. The minimum atomic E-state index is -0.212. The molecule has 1 saturated heterocycles. The van der Waals surface area contributed by atoms with Crippen molar-refractivity contribution >= 4 is 0 Å². The minimum absolute atomic E-state index is 0.212. The van der Waals surface area contributed by atoms with E-state index < -0.39 is 0 Å². The van der Waals surface area contributed by atoms with Crippen LogP contribution in [0.4, 0.5) is 4.39 Å². The Hall–Kier alpha value is -1.68. The molecule has 0 radical (unpaired) electrons. The van der Waals surface area contributed by atoms with Crippen LogP contribution in [0.25, 0.3) is 5.69 Å². The third kappa shape index (κ3) is 2.16. The lowest BCUT2D eigenvalue weighted by Crippen LogP contribution is -2.28. The van der Waals surface area contributed by atoms with Crippen molar-refractivity contribution in [3.05, 3.63) is 48.3 Å². The molecule has 0 spiro atoms. The number of hydrogen-bond acceptors (Lipinski definition) is 2. The van der Waals surface area contributed by atoms with Crippen LogP contribution in [0.15, 0.2) is 36.8 Å². The van der Waals surface area contributed by atoms with Crippen LogP contribution in [0, 0.1) is 5.82 Å². The summed E-state index contributed by atoms with van der Waals surface area (Å²) in [6, 6.07) is 6.87. The van der Waals surface area contributed by atoms with E-state index in [0.717, 1.165) is 24.3 Å². The first kappa shape index (κ1) is 11.4. The van der Waals surface area contributed by atoms with Crippen molar-refractivity contribution in [3.8, 4) is 5.69 Å². The SMILES string of the molecule is Fc1ccc(-n2cncc2C2CCCCN2)cc1. The molecule has 1 unspecified atom stereocenters. The largest absolute Gasteiger partial charge is 0.309 e. The van der Waals surface area contributed by atoms with Crippen LogP contribution >= 0.6 is 0 Å². The van der Waals surface area contributed by atoms with Crippen molar-refractivity contribution in [1.82, 2.24) is 14.9 Å². The second-order valence-electron chi connectivity index (χ2n) is 4.67. The molecule has 1 aliphatic rings. The summed E-state index contributed by atoms with van der Waals surface area (Å²) >= 11 is 0. The van der Waals surface area contributed by atoms with Crippen molar-refractivity contribution in [3.63, 3.8) is 0 Å². The summed E-state index contributed by atoms with van der Waals surface area (Å²) in [5.74, 6) is -0.212. The van der Waals surface area contributed by atoms with Crippen molar-refractivity contribution < 1.29 is 4.39 Å². The Kier molecular flexibility index (Phi) is 3.11. The third-order valence-electron chi connectivity index (χ3n) is 3.44. The fraction of sp³-hybridized carbons (Fsp3) is 0.357. The number of nitrogens with zero attached hydrogens (tertiary/aromatic N) is 2. The maximum Gasteiger partial charge on any atom is 0.123 e. The van der Waals surface area contributed by atoms with Crippen molar-refractivity contribution in [1.29, 1.82) is 0 Å². The van der Waals surface area contributed by atoms with Gasteiger partial charge in [-0.25, -0.2) is 9.37 Å². The first-order valence-electron chi connectivity index (χ1n) is 6.36. The van der Waals surface area contributed by atoms with Crippen LogP contribution in [-0.2, 0) is 0 Å². The second-order valence-corrected chi connectivity index (χ2v) is 4.67. The van der Waals surface area contributed by atoms with Gasteiger partial charge in [0.05, 0.1) is 18.2 Å². The highest BCUT2D eigenvalue weighted by atomic mass is 19.1. The standard InChI is InChI=1S/C14H16FN3/c15-11-4-6-12(7-5-11)18-10-16-9-14(18)13-3-1-2-8-17-13/h4-7,9-10,13,17H,1-3,8H2. The van der Waals surface area contributed by atoms with Gasteiger partial charge < -0.3 is 9.88 Å². The third-order valence-corrected chi connectivity index (χ3v) is 3.44. The number of rotatable bonds is 2. The van der Waals surface area contributed by atoms with Gasteiger partial charge in [0.2, 0.25) is 0 Å². The van der Waals surface area contributed by atoms with Gasteiger partial charge in [-0.3, -0.25) is 0 Å². The van der Waals surface area contributed by atoms with E-state index in [0.29, 0.717) is 6.04 Å². The van der Waals surface area contributed by atoms with Crippen LogP contribution in [0.5, 0.6) is 0 Å². The lowest BCUT2D eigenvalue weighted by atomic mass is 10.0. The molecule has 0 aliphatic carbocycles. The quantitative estimate of drug-likeness (QED) is 0.881. The first-order valence-corrected chi connectivity index (χ1v) is 6.36. The molecule has 94 valence electrons. The number of piperidine rings is 1. The van der Waals surface area contributed by atoms with Gasteiger partial charge in [-0.15, -0.1) is 0 Å². The average molecular weight is 245 g/mol. The van der Waals surface area contributed by atoms with Crippen LogP contribution < -0.4 is 5.32 Å². The molecule has 1 fully saturated rings. The van der Waals surface area contributed by atoms with E-state index in [1.807, 2.05) is 10.8 Å². The average Bonchev–Trinajstić information content (AvgIpc) is 2.90. The molecule has 18 heavy (non-hydrogen) atoms. The van der Waals surface area contributed by atoms with Gasteiger partial charge in [-0.2, -0.15) is 0 Å². The van der Waals surface area contributed by atoms with Crippen LogP contribution in [0.1, 0.15) is 31.0 Å². The molecule has 1 atom stereocenters. The normalized spacial score (nSPS) is 19.9. The van der Waals surface area contributed by atoms with E-state index in [1.54, 1.807) is 18.5 Å². The molecule has 0 amide bonds. The molecule has 2 aromatic rings. The summed E-state index contributed by atoms with van der Waals surface area (Å²) in [6.07, 6.45) is 7.30. The van der Waals surface area contributed by atoms with E-state index in [2.05, 4.69) is 10.3 Å². The number of aromatic nitrogens is 2. The zero-order chi connectivity index (χ0) is 12.4. The minimum Gasteiger partial charge on any atom is -0.309 e. The molecule has 1 aromatic heterocycles. The van der Waals surface area contributed by atoms with E-state index >= 15 is 0 Å². The van der Waals surface area contributed by atoms with Gasteiger partial charge >= 0.3 is 0 Å². The molecule has 1 N–H and O–H groups in total. The summed E-state index contributed by atoms with van der Waals surface area (Å²) in [5.41, 5.74) is 2.11. The van der Waals surface area contributed by atoms with Gasteiger partial charge in [0, 0.05) is 11.7 Å². The van der Waals surface area contributed by atoms with Gasteiger partial charge in [-0.05, 0) is 43.7 Å². The predicted octanol–water partition coefficient (Wildman–Crippen LogP) is 2.83. The van der Waals surface area contributed by atoms with E-state index in [4.69, 9.17) is 0 Å². The van der Waals surface area contributed by atoms with E-state index in [-0.39, 0.29) is 5.82 Å². The highest BCUT2D eigenvalue weighted by molar-refractivity contribution is 5.34. The molecular formula is C14H16FN3. The van der Waals surface area contributed by atoms with Crippen molar-refractivity contribution in [2.24, 2.45) is 0 Å². The Labute approximate surface area is 106 Å². The Bertz CT molecular complexity index is 512. The first-order chi connectivity index (χ1) is 8.84. The Morgan fingerprint density at radius 3 is 2.78 bits per heavy atom. The molecule has 3 rings (SSSR count). The van der Waals surface area contributed by atoms with Gasteiger partial charge in [-0.1, -0.05) is 6.42 Å². The topological polar surface area (TPSA) is 29.9 Å².